The molecule has 20 heavy (non-hydrogen) atoms. The van der Waals surface area contributed by atoms with Crippen molar-refractivity contribution in [2.45, 2.75) is 11.4 Å². The van der Waals surface area contributed by atoms with E-state index in [4.69, 9.17) is 5.73 Å². The Balaban J connectivity index is 2.26. The highest BCUT2D eigenvalue weighted by atomic mass is 79.9. The van der Waals surface area contributed by atoms with Gasteiger partial charge < -0.3 is 5.73 Å². The Morgan fingerprint density at radius 3 is 2.30 bits per heavy atom. The standard InChI is InChI=1S/C14H15BrN2O2S/c1-17(10-11-4-2-3-5-14(11)16)20(18,19)13-8-6-12(15)7-9-13/h2-9H,10,16H2,1H3. The molecule has 0 aliphatic rings. The van der Waals surface area contributed by atoms with Crippen LogP contribution in [-0.2, 0) is 16.6 Å². The van der Waals surface area contributed by atoms with Crippen LogP contribution in [0.25, 0.3) is 0 Å². The SMILES string of the molecule is CN(Cc1ccccc1N)S(=O)(=O)c1ccc(Br)cc1. The first-order valence-electron chi connectivity index (χ1n) is 5.96. The number of nitrogen functional groups attached to an aromatic ring is 1. The summed E-state index contributed by atoms with van der Waals surface area (Å²) in [6.07, 6.45) is 0. The van der Waals surface area contributed by atoms with Gasteiger partial charge in [0.2, 0.25) is 10.0 Å². The number of sulfonamides is 1. The second-order valence-corrected chi connectivity index (χ2v) is 7.37. The zero-order chi connectivity index (χ0) is 14.8. The average Bonchev–Trinajstić information content (AvgIpc) is 2.41. The van der Waals surface area contributed by atoms with Crippen molar-refractivity contribution in [2.24, 2.45) is 0 Å². The van der Waals surface area contributed by atoms with E-state index in [0.717, 1.165) is 10.0 Å². The van der Waals surface area contributed by atoms with Crippen molar-refractivity contribution in [2.75, 3.05) is 12.8 Å². The normalized spacial score (nSPS) is 11.8. The van der Waals surface area contributed by atoms with Crippen LogP contribution in [0.15, 0.2) is 57.9 Å². The van der Waals surface area contributed by atoms with Crippen LogP contribution in [0.5, 0.6) is 0 Å². The minimum atomic E-state index is -3.51. The summed E-state index contributed by atoms with van der Waals surface area (Å²) in [5.41, 5.74) is 7.22. The van der Waals surface area contributed by atoms with E-state index in [-0.39, 0.29) is 11.4 Å². The first kappa shape index (κ1) is 15.0. The largest absolute Gasteiger partial charge is 0.398 e. The van der Waals surface area contributed by atoms with Gasteiger partial charge in [-0.1, -0.05) is 34.1 Å². The summed E-state index contributed by atoms with van der Waals surface area (Å²) in [5.74, 6) is 0. The maximum atomic E-state index is 12.4. The van der Waals surface area contributed by atoms with E-state index in [1.807, 2.05) is 18.2 Å². The second-order valence-electron chi connectivity index (χ2n) is 4.41. The fourth-order valence-electron chi connectivity index (χ4n) is 1.79. The Labute approximate surface area is 127 Å². The number of nitrogens with zero attached hydrogens (tertiary/aromatic N) is 1. The van der Waals surface area contributed by atoms with Crippen molar-refractivity contribution in [3.8, 4) is 0 Å². The van der Waals surface area contributed by atoms with Crippen LogP contribution in [0.1, 0.15) is 5.56 Å². The minimum absolute atomic E-state index is 0.241. The minimum Gasteiger partial charge on any atom is -0.398 e. The van der Waals surface area contributed by atoms with Crippen molar-refractivity contribution in [3.05, 3.63) is 58.6 Å². The topological polar surface area (TPSA) is 63.4 Å². The maximum absolute atomic E-state index is 12.4. The highest BCUT2D eigenvalue weighted by Crippen LogP contribution is 2.21. The Hall–Kier alpha value is -1.37. The van der Waals surface area contributed by atoms with Gasteiger partial charge in [0.25, 0.3) is 0 Å². The van der Waals surface area contributed by atoms with Gasteiger partial charge >= 0.3 is 0 Å². The summed E-state index contributed by atoms with van der Waals surface area (Å²) < 4.78 is 27.0. The molecule has 0 saturated carbocycles. The molecule has 0 bridgehead atoms. The summed E-state index contributed by atoms with van der Waals surface area (Å²) in [6.45, 7) is 0.241. The molecule has 106 valence electrons. The van der Waals surface area contributed by atoms with Crippen molar-refractivity contribution < 1.29 is 8.42 Å². The van der Waals surface area contributed by atoms with Gasteiger partial charge in [-0.3, -0.25) is 0 Å². The first-order valence-corrected chi connectivity index (χ1v) is 8.20. The first-order chi connectivity index (χ1) is 9.41. The molecule has 0 radical (unpaired) electrons. The smallest absolute Gasteiger partial charge is 0.243 e. The number of anilines is 1. The van der Waals surface area contributed by atoms with E-state index in [2.05, 4.69) is 15.9 Å². The number of hydrogen-bond donors (Lipinski definition) is 1. The van der Waals surface area contributed by atoms with Gasteiger partial charge in [-0.15, -0.1) is 0 Å². The molecule has 0 aliphatic heterocycles. The summed E-state index contributed by atoms with van der Waals surface area (Å²) in [7, 11) is -1.97. The molecule has 2 N–H and O–H groups in total. The van der Waals surface area contributed by atoms with Crippen molar-refractivity contribution in [1.29, 1.82) is 0 Å². The third kappa shape index (κ3) is 3.20. The highest BCUT2D eigenvalue weighted by Gasteiger charge is 2.21. The number of hydrogen-bond acceptors (Lipinski definition) is 3. The van der Waals surface area contributed by atoms with Gasteiger partial charge in [-0.25, -0.2) is 8.42 Å². The van der Waals surface area contributed by atoms with Gasteiger partial charge in [0.15, 0.2) is 0 Å². The van der Waals surface area contributed by atoms with Crippen LogP contribution in [0.3, 0.4) is 0 Å². The molecule has 4 nitrogen and oxygen atoms in total. The van der Waals surface area contributed by atoms with Crippen LogP contribution >= 0.6 is 15.9 Å². The number of rotatable bonds is 4. The molecule has 0 fully saturated rings. The molecule has 0 aromatic heterocycles. The molecule has 6 heteroatoms. The fourth-order valence-corrected chi connectivity index (χ4v) is 3.20. The molecule has 0 aliphatic carbocycles. The molecule has 0 atom stereocenters. The second kappa shape index (κ2) is 5.95. The molecule has 2 aromatic carbocycles. The van der Waals surface area contributed by atoms with Gasteiger partial charge in [0.1, 0.15) is 0 Å². The lowest BCUT2D eigenvalue weighted by Gasteiger charge is -2.18. The van der Waals surface area contributed by atoms with Crippen molar-refractivity contribution in [1.82, 2.24) is 4.31 Å². The van der Waals surface area contributed by atoms with Crippen LogP contribution in [0.2, 0.25) is 0 Å². The molecule has 2 rings (SSSR count). The lowest BCUT2D eigenvalue weighted by Crippen LogP contribution is -2.26. The number of nitrogens with two attached hydrogens (primary N) is 1. The van der Waals surface area contributed by atoms with E-state index < -0.39 is 10.0 Å². The van der Waals surface area contributed by atoms with E-state index in [1.165, 1.54) is 4.31 Å². The number of para-hydroxylation sites is 1. The number of halogens is 1. The molecule has 0 saturated heterocycles. The van der Waals surface area contributed by atoms with E-state index >= 15 is 0 Å². The third-order valence-corrected chi connectivity index (χ3v) is 5.32. The molecule has 0 unspecified atom stereocenters. The zero-order valence-corrected chi connectivity index (χ0v) is 13.4. The third-order valence-electron chi connectivity index (χ3n) is 2.97. The molecular formula is C14H15BrN2O2S. The predicted molar refractivity (Wildman–Crippen MR) is 83.6 cm³/mol. The lowest BCUT2D eigenvalue weighted by molar-refractivity contribution is 0.467. The zero-order valence-electron chi connectivity index (χ0n) is 11.0. The Morgan fingerprint density at radius 1 is 1.10 bits per heavy atom. The molecule has 0 heterocycles. The number of benzene rings is 2. The van der Waals surface area contributed by atoms with Crippen LogP contribution in [-0.4, -0.2) is 19.8 Å². The average molecular weight is 355 g/mol. The van der Waals surface area contributed by atoms with E-state index in [1.54, 1.807) is 37.4 Å². The maximum Gasteiger partial charge on any atom is 0.243 e. The van der Waals surface area contributed by atoms with Gasteiger partial charge in [-0.05, 0) is 35.9 Å². The Bertz CT molecular complexity index is 699. The molecule has 0 amide bonds. The quantitative estimate of drug-likeness (QED) is 0.858. The molecule has 2 aromatic rings. The van der Waals surface area contributed by atoms with E-state index in [0.29, 0.717) is 5.69 Å². The van der Waals surface area contributed by atoms with Gasteiger partial charge in [0, 0.05) is 23.8 Å². The van der Waals surface area contributed by atoms with Crippen LogP contribution in [0.4, 0.5) is 5.69 Å². The lowest BCUT2D eigenvalue weighted by atomic mass is 10.2. The molecule has 0 spiro atoms. The van der Waals surface area contributed by atoms with Crippen molar-refractivity contribution >= 4 is 31.6 Å². The fraction of sp³-hybridized carbons (Fsp3) is 0.143. The Morgan fingerprint density at radius 2 is 1.70 bits per heavy atom. The summed E-state index contributed by atoms with van der Waals surface area (Å²) >= 11 is 3.29. The summed E-state index contributed by atoms with van der Waals surface area (Å²) in [4.78, 5) is 0.262. The van der Waals surface area contributed by atoms with Crippen LogP contribution < -0.4 is 5.73 Å². The van der Waals surface area contributed by atoms with Crippen molar-refractivity contribution in [3.63, 3.8) is 0 Å². The predicted octanol–water partition coefficient (Wildman–Crippen LogP) is 2.85. The van der Waals surface area contributed by atoms with E-state index in [9.17, 15) is 8.42 Å². The summed E-state index contributed by atoms with van der Waals surface area (Å²) in [5, 5.41) is 0. The highest BCUT2D eigenvalue weighted by molar-refractivity contribution is 9.10. The van der Waals surface area contributed by atoms with Crippen LogP contribution in [0, 0.1) is 0 Å². The van der Waals surface area contributed by atoms with Gasteiger partial charge in [-0.2, -0.15) is 4.31 Å². The Kier molecular flexibility index (Phi) is 4.47. The van der Waals surface area contributed by atoms with Gasteiger partial charge in [0.05, 0.1) is 4.90 Å². The monoisotopic (exact) mass is 354 g/mol. The molecular weight excluding hydrogens is 340 g/mol. The summed E-state index contributed by atoms with van der Waals surface area (Å²) in [6, 6.07) is 13.8.